The molecule has 0 aromatic heterocycles. The van der Waals surface area contributed by atoms with Gasteiger partial charge in [0.05, 0.1) is 23.7 Å². The second-order valence-electron chi connectivity index (χ2n) is 8.18. The van der Waals surface area contributed by atoms with Gasteiger partial charge in [-0.3, -0.25) is 0 Å². The Morgan fingerprint density at radius 3 is 2.73 bits per heavy atom. The van der Waals surface area contributed by atoms with Gasteiger partial charge in [-0.25, -0.2) is 17.2 Å². The van der Waals surface area contributed by atoms with Gasteiger partial charge in [-0.05, 0) is 49.4 Å². The van der Waals surface area contributed by atoms with Crippen molar-refractivity contribution in [3.05, 3.63) is 65.2 Å². The van der Waals surface area contributed by atoms with Crippen LogP contribution in [0.15, 0.2) is 47.4 Å². The predicted octanol–water partition coefficient (Wildman–Crippen LogP) is 3.66. The molecule has 1 atom stereocenters. The molecule has 0 aliphatic carbocycles. The maximum Gasteiger partial charge on any atom is 0.243 e. The molecule has 5 nitrogen and oxygen atoms in total. The first-order chi connectivity index (χ1) is 14.3. The highest BCUT2D eigenvalue weighted by Crippen LogP contribution is 2.41. The molecule has 0 saturated carbocycles. The fourth-order valence-corrected chi connectivity index (χ4v) is 5.97. The van der Waals surface area contributed by atoms with Crippen molar-refractivity contribution in [1.82, 2.24) is 4.31 Å². The third-order valence-electron chi connectivity index (χ3n) is 5.87. The van der Waals surface area contributed by atoms with Crippen molar-refractivity contribution in [2.75, 3.05) is 26.3 Å². The lowest BCUT2D eigenvalue weighted by Crippen LogP contribution is -2.63. The lowest BCUT2D eigenvalue weighted by Gasteiger charge is -2.46. The topological polar surface area (TPSA) is 55.8 Å². The fourth-order valence-electron chi connectivity index (χ4n) is 4.15. The molecule has 0 radical (unpaired) electrons. The highest BCUT2D eigenvalue weighted by atomic mass is 32.2. The zero-order valence-electron chi connectivity index (χ0n) is 16.8. The lowest BCUT2D eigenvalue weighted by molar-refractivity contribution is -0.0774. The maximum absolute atomic E-state index is 13.6. The SMILES string of the molecule is Cc1ccc(F)cc1S(=O)(=O)N1CC2(CC(CCOCc3ccccc3F)CO2)C1. The Kier molecular flexibility index (Phi) is 5.94. The highest BCUT2D eigenvalue weighted by Gasteiger charge is 2.53. The van der Waals surface area contributed by atoms with Gasteiger partial charge in [-0.15, -0.1) is 0 Å². The van der Waals surface area contributed by atoms with E-state index in [0.717, 1.165) is 18.9 Å². The van der Waals surface area contributed by atoms with Crippen molar-refractivity contribution in [2.45, 2.75) is 36.9 Å². The number of nitrogens with zero attached hydrogens (tertiary/aromatic N) is 1. The van der Waals surface area contributed by atoms with Gasteiger partial charge >= 0.3 is 0 Å². The van der Waals surface area contributed by atoms with E-state index in [4.69, 9.17) is 9.47 Å². The van der Waals surface area contributed by atoms with Crippen LogP contribution in [0.25, 0.3) is 0 Å². The van der Waals surface area contributed by atoms with Gasteiger partial charge in [-0.2, -0.15) is 4.31 Å². The largest absolute Gasteiger partial charge is 0.377 e. The fraction of sp³-hybridized carbons (Fsp3) is 0.455. The Morgan fingerprint density at radius 1 is 1.20 bits per heavy atom. The van der Waals surface area contributed by atoms with Crippen molar-refractivity contribution in [1.29, 1.82) is 0 Å². The summed E-state index contributed by atoms with van der Waals surface area (Å²) in [6.45, 7) is 3.48. The van der Waals surface area contributed by atoms with Crippen LogP contribution in [-0.2, 0) is 26.1 Å². The number of halogens is 2. The molecule has 2 heterocycles. The molecule has 0 amide bonds. The molecule has 2 aliphatic heterocycles. The van der Waals surface area contributed by atoms with E-state index in [1.165, 1.54) is 22.5 Å². The van der Waals surface area contributed by atoms with E-state index in [2.05, 4.69) is 0 Å². The van der Waals surface area contributed by atoms with Gasteiger partial charge in [0.1, 0.15) is 11.6 Å². The Labute approximate surface area is 175 Å². The molecule has 2 fully saturated rings. The van der Waals surface area contributed by atoms with Gasteiger partial charge in [0, 0.05) is 25.3 Å². The molecule has 30 heavy (non-hydrogen) atoms. The molecule has 2 aromatic rings. The molecule has 4 rings (SSSR count). The average molecular weight is 438 g/mol. The second kappa shape index (κ2) is 8.34. The summed E-state index contributed by atoms with van der Waals surface area (Å²) in [7, 11) is -3.74. The van der Waals surface area contributed by atoms with Crippen LogP contribution in [-0.4, -0.2) is 44.6 Å². The van der Waals surface area contributed by atoms with Gasteiger partial charge in [0.2, 0.25) is 10.0 Å². The molecule has 162 valence electrons. The van der Waals surface area contributed by atoms with E-state index in [1.54, 1.807) is 25.1 Å². The normalized spacial score (nSPS) is 21.1. The predicted molar refractivity (Wildman–Crippen MR) is 107 cm³/mol. The van der Waals surface area contributed by atoms with Crippen LogP contribution >= 0.6 is 0 Å². The molecular weight excluding hydrogens is 412 g/mol. The van der Waals surface area contributed by atoms with E-state index in [0.29, 0.717) is 24.3 Å². The second-order valence-corrected chi connectivity index (χ2v) is 10.1. The molecule has 8 heteroatoms. The summed E-state index contributed by atoms with van der Waals surface area (Å²) in [5.74, 6) is -0.571. The van der Waals surface area contributed by atoms with Crippen molar-refractivity contribution < 1.29 is 26.7 Å². The van der Waals surface area contributed by atoms with E-state index < -0.39 is 21.4 Å². The van der Waals surface area contributed by atoms with Gasteiger partial charge in [0.25, 0.3) is 0 Å². The van der Waals surface area contributed by atoms with Crippen LogP contribution in [0.5, 0.6) is 0 Å². The van der Waals surface area contributed by atoms with Gasteiger partial charge in [-0.1, -0.05) is 24.3 Å². The van der Waals surface area contributed by atoms with Crippen LogP contribution < -0.4 is 0 Å². The van der Waals surface area contributed by atoms with Gasteiger partial charge in [0.15, 0.2) is 0 Å². The van der Waals surface area contributed by atoms with Crippen LogP contribution in [0.1, 0.15) is 24.0 Å². The van der Waals surface area contributed by atoms with Crippen molar-refractivity contribution >= 4 is 10.0 Å². The molecule has 2 aromatic carbocycles. The van der Waals surface area contributed by atoms with Crippen molar-refractivity contribution in [2.24, 2.45) is 5.92 Å². The summed E-state index contributed by atoms with van der Waals surface area (Å²) in [6, 6.07) is 10.3. The molecule has 1 unspecified atom stereocenters. The minimum atomic E-state index is -3.74. The molecular formula is C22H25F2NO4S. The van der Waals surface area contributed by atoms with Crippen LogP contribution in [0.4, 0.5) is 8.78 Å². The smallest absolute Gasteiger partial charge is 0.243 e. The van der Waals surface area contributed by atoms with Crippen LogP contribution in [0.3, 0.4) is 0 Å². The highest BCUT2D eigenvalue weighted by molar-refractivity contribution is 7.89. The molecule has 0 bridgehead atoms. The number of hydrogen-bond donors (Lipinski definition) is 0. The number of benzene rings is 2. The average Bonchev–Trinajstić information content (AvgIpc) is 3.12. The Morgan fingerprint density at radius 2 is 1.97 bits per heavy atom. The quantitative estimate of drug-likeness (QED) is 0.621. The van der Waals surface area contributed by atoms with Crippen molar-refractivity contribution in [3.63, 3.8) is 0 Å². The molecule has 0 N–H and O–H groups in total. The maximum atomic E-state index is 13.6. The minimum absolute atomic E-state index is 0.00782. The number of aryl methyl sites for hydroxylation is 1. The summed E-state index contributed by atoms with van der Waals surface area (Å²) in [6.07, 6.45) is 1.52. The first-order valence-corrected chi connectivity index (χ1v) is 11.4. The molecule has 2 saturated heterocycles. The Hall–Kier alpha value is -1.87. The van der Waals surface area contributed by atoms with E-state index in [1.807, 2.05) is 0 Å². The first-order valence-electron chi connectivity index (χ1n) is 10.0. The summed E-state index contributed by atoms with van der Waals surface area (Å²) in [5, 5.41) is 0. The molecule has 1 spiro atoms. The van der Waals surface area contributed by atoms with Gasteiger partial charge < -0.3 is 9.47 Å². The zero-order chi connectivity index (χ0) is 21.4. The van der Waals surface area contributed by atoms with E-state index >= 15 is 0 Å². The van der Waals surface area contributed by atoms with E-state index in [-0.39, 0.29) is 36.3 Å². The van der Waals surface area contributed by atoms with Crippen LogP contribution in [0.2, 0.25) is 0 Å². The summed E-state index contributed by atoms with van der Waals surface area (Å²) in [5.41, 5.74) is 0.587. The number of ether oxygens (including phenoxy) is 2. The first kappa shape index (κ1) is 21.4. The third kappa shape index (κ3) is 4.27. The lowest BCUT2D eigenvalue weighted by atomic mass is 9.88. The third-order valence-corrected chi connectivity index (χ3v) is 7.80. The number of hydrogen-bond acceptors (Lipinski definition) is 4. The minimum Gasteiger partial charge on any atom is -0.377 e. The summed E-state index contributed by atoms with van der Waals surface area (Å²) >= 11 is 0. The number of sulfonamides is 1. The Bertz CT molecular complexity index is 1020. The van der Waals surface area contributed by atoms with E-state index in [9.17, 15) is 17.2 Å². The molecule has 2 aliphatic rings. The van der Waals surface area contributed by atoms with Crippen LogP contribution in [0, 0.1) is 24.5 Å². The summed E-state index contributed by atoms with van der Waals surface area (Å²) < 4.78 is 65.7. The Balaban J connectivity index is 1.26. The number of rotatable bonds is 7. The standard InChI is InChI=1S/C22H25F2NO4S/c1-16-6-7-19(23)10-21(16)30(26,27)25-14-22(15-25)11-17(12-29-22)8-9-28-13-18-4-2-3-5-20(18)24/h2-7,10,17H,8-9,11-15H2,1H3. The monoisotopic (exact) mass is 437 g/mol. The zero-order valence-corrected chi connectivity index (χ0v) is 17.6. The van der Waals surface area contributed by atoms with Crippen molar-refractivity contribution in [3.8, 4) is 0 Å². The summed E-state index contributed by atoms with van der Waals surface area (Å²) in [4.78, 5) is 0.00782.